The Labute approximate surface area is 567 Å². The predicted octanol–water partition coefficient (Wildman–Crippen LogP) is 14.6. The van der Waals surface area contributed by atoms with Crippen molar-refractivity contribution < 1.29 is 55.0 Å². The summed E-state index contributed by atoms with van der Waals surface area (Å²) >= 11 is 12.7. The van der Waals surface area contributed by atoms with E-state index < -0.39 is 83.6 Å². The Kier molecular flexibility index (Phi) is 18.7. The van der Waals surface area contributed by atoms with Gasteiger partial charge in [-0.1, -0.05) is 120 Å². The third-order valence-electron chi connectivity index (χ3n) is 18.6. The van der Waals surface area contributed by atoms with Crippen LogP contribution in [0.15, 0.2) is 120 Å². The quantitative estimate of drug-likeness (QED) is 0.0324. The molecule has 97 heavy (non-hydrogen) atoms. The van der Waals surface area contributed by atoms with E-state index in [9.17, 15) is 40.7 Å². The molecule has 5 heterocycles. The number of aromatic nitrogens is 6. The SMILES string of the molecule is CC(C)(C)C[C@]1(c2ccc(-c3cnn(C(F)F)c3)cc2)N=C(N)N(C(COC(=O)CC2(C)CC2)c2ccc(Cl)c(N)c2)C1=O.CC(C)(C)C[C@]1(c2ccc3nc(C4CC4)ccc3c2)N=C(N)N([C@H](COC(=O)CC2(C(C)(F)F)CC2)c2ccc(Cl)c(-n3ncnc3C(F)F)c2)C1=O. The number of rotatable bonds is 22. The fourth-order valence-electron chi connectivity index (χ4n) is 13.0. The number of benzene rings is 4. The third kappa shape index (κ3) is 14.7. The maximum absolute atomic E-state index is 15.1. The lowest BCUT2D eigenvalue weighted by Crippen LogP contribution is -2.47. The Hall–Kier alpha value is -8.58. The van der Waals surface area contributed by atoms with Crippen LogP contribution in [-0.2, 0) is 39.7 Å². The molecule has 5 aliphatic rings. The van der Waals surface area contributed by atoms with Crippen molar-refractivity contribution in [2.24, 2.45) is 43.1 Å². The molecule has 1 unspecified atom stereocenters. The Morgan fingerprint density at radius 1 is 0.670 bits per heavy atom. The van der Waals surface area contributed by atoms with Crippen molar-refractivity contribution in [3.8, 4) is 16.8 Å². The van der Waals surface area contributed by atoms with Crippen LogP contribution < -0.4 is 17.2 Å². The van der Waals surface area contributed by atoms with Crippen molar-refractivity contribution in [1.29, 1.82) is 0 Å². The highest BCUT2D eigenvalue weighted by Gasteiger charge is 2.61. The first-order valence-electron chi connectivity index (χ1n) is 32.0. The van der Waals surface area contributed by atoms with Gasteiger partial charge >= 0.3 is 18.5 Å². The molecule has 12 rings (SSSR count). The lowest BCUT2D eigenvalue weighted by atomic mass is 9.75. The summed E-state index contributed by atoms with van der Waals surface area (Å²) in [6.07, 6.45) is 5.38. The molecule has 2 aliphatic heterocycles. The van der Waals surface area contributed by atoms with E-state index in [1.165, 1.54) is 40.4 Å². The molecule has 2 amide bonds. The highest BCUT2D eigenvalue weighted by Crippen LogP contribution is 2.59. The Bertz CT molecular complexity index is 4250. The van der Waals surface area contributed by atoms with Crippen LogP contribution >= 0.6 is 23.2 Å². The smallest absolute Gasteiger partial charge is 0.333 e. The van der Waals surface area contributed by atoms with Gasteiger partial charge in [-0.15, -0.1) is 0 Å². The minimum atomic E-state index is -3.10. The van der Waals surface area contributed by atoms with E-state index in [-0.39, 0.29) is 83.2 Å². The number of hydrogen-bond acceptors (Lipinski definition) is 15. The van der Waals surface area contributed by atoms with Crippen LogP contribution in [0.25, 0.3) is 27.7 Å². The topological polar surface area (TPSA) is 257 Å². The molecule has 7 aromatic rings. The summed E-state index contributed by atoms with van der Waals surface area (Å²) in [6.45, 7) is 11.3. The van der Waals surface area contributed by atoms with E-state index in [1.807, 2.05) is 78.8 Å². The third-order valence-corrected chi connectivity index (χ3v) is 19.3. The molecule has 19 nitrogen and oxygen atoms in total. The van der Waals surface area contributed by atoms with Gasteiger partial charge in [-0.3, -0.25) is 34.0 Å². The van der Waals surface area contributed by atoms with Crippen molar-refractivity contribution in [3.05, 3.63) is 154 Å². The van der Waals surface area contributed by atoms with Gasteiger partial charge in [0.1, 0.15) is 19.5 Å². The molecule has 6 N–H and O–H groups in total. The number of amides is 2. The number of halogens is 8. The van der Waals surface area contributed by atoms with Gasteiger partial charge in [-0.2, -0.15) is 19.0 Å². The number of nitrogens with two attached hydrogens (primary N) is 3. The number of anilines is 1. The maximum Gasteiger partial charge on any atom is 0.333 e. The van der Waals surface area contributed by atoms with Crippen molar-refractivity contribution >= 4 is 75.5 Å². The van der Waals surface area contributed by atoms with Crippen LogP contribution in [0.3, 0.4) is 0 Å². The van der Waals surface area contributed by atoms with E-state index in [4.69, 9.17) is 64.8 Å². The minimum Gasteiger partial charge on any atom is -0.463 e. The van der Waals surface area contributed by atoms with Crippen LogP contribution in [0, 0.1) is 21.7 Å². The normalized spacial score (nSPS) is 20.4. The number of nitrogens with zero attached hydrogens (tertiary/aromatic N) is 10. The molecular weight excluding hydrogens is 1300 g/mol. The molecule has 4 atom stereocenters. The average Bonchev–Trinajstić information content (AvgIpc) is 1.62. The zero-order chi connectivity index (χ0) is 70.1. The largest absolute Gasteiger partial charge is 0.463 e. The summed E-state index contributed by atoms with van der Waals surface area (Å²) in [4.78, 5) is 76.4. The van der Waals surface area contributed by atoms with Crippen LogP contribution in [-0.4, -0.2) is 94.1 Å². The minimum absolute atomic E-state index is 0.0200. The summed E-state index contributed by atoms with van der Waals surface area (Å²) in [5.41, 5.74) is 19.4. The number of pyridine rings is 1. The number of fused-ring (bicyclic) bond motifs is 1. The van der Waals surface area contributed by atoms with Crippen LogP contribution in [0.4, 0.5) is 32.0 Å². The lowest BCUT2D eigenvalue weighted by molar-refractivity contribution is -0.153. The number of esters is 2. The fraction of sp³-hybridized carbons (Fsp3) is 0.457. The summed E-state index contributed by atoms with van der Waals surface area (Å²) in [7, 11) is 0. The van der Waals surface area contributed by atoms with Crippen LogP contribution in [0.2, 0.25) is 10.0 Å². The van der Waals surface area contributed by atoms with Gasteiger partial charge in [0, 0.05) is 34.2 Å². The van der Waals surface area contributed by atoms with E-state index in [1.54, 1.807) is 42.5 Å². The Morgan fingerprint density at radius 3 is 1.74 bits per heavy atom. The van der Waals surface area contributed by atoms with Crippen molar-refractivity contribution in [2.45, 2.75) is 168 Å². The Balaban J connectivity index is 0.000000200. The van der Waals surface area contributed by atoms with Gasteiger partial charge < -0.3 is 26.7 Å². The number of carbonyl (C=O) groups excluding carboxylic acids is 4. The summed E-state index contributed by atoms with van der Waals surface area (Å²) in [6, 6.07) is 23.9. The molecule has 4 aromatic carbocycles. The second-order valence-corrected chi connectivity index (χ2v) is 29.8. The molecule has 0 spiro atoms. The van der Waals surface area contributed by atoms with Crippen LogP contribution in [0.5, 0.6) is 0 Å². The number of hydrogen-bond donors (Lipinski definition) is 3. The van der Waals surface area contributed by atoms with Crippen molar-refractivity contribution in [2.75, 3.05) is 18.9 Å². The van der Waals surface area contributed by atoms with E-state index in [0.29, 0.717) is 55.5 Å². The number of aliphatic imine (C=N–C) groups is 2. The van der Waals surface area contributed by atoms with Gasteiger partial charge in [0.2, 0.25) is 0 Å². The average molecular weight is 1380 g/mol. The van der Waals surface area contributed by atoms with Crippen LogP contribution in [0.1, 0.15) is 184 Å². The molecule has 3 fully saturated rings. The van der Waals surface area contributed by atoms with Gasteiger partial charge in [-0.25, -0.2) is 41.9 Å². The summed E-state index contributed by atoms with van der Waals surface area (Å²) in [5, 5.41) is 8.86. The lowest BCUT2D eigenvalue weighted by Gasteiger charge is -2.35. The van der Waals surface area contributed by atoms with Gasteiger partial charge in [0.15, 0.2) is 28.8 Å². The second-order valence-electron chi connectivity index (χ2n) is 29.0. The van der Waals surface area contributed by atoms with Crippen molar-refractivity contribution in [3.63, 3.8) is 0 Å². The monoisotopic (exact) mass is 1380 g/mol. The molecule has 3 saturated carbocycles. The molecule has 3 aromatic heterocycles. The standard InChI is InChI=1S/C38H40ClF4N7O3.C32H37ClF2N6O3/c1-35(2,3)19-38(24-9-12-27-22(15-24)8-11-26(47-27)21-5-6-21)33(52)49(34(44)48-38)29(18-53-30(51)17-37(13-14-37)36(4,42)43)23-7-10-25(39)28(16-23)50-32(31(40)41)45-20-46-50;1-30(2,3)18-32(22-8-5-19(6-9-22)21-15-38-40(16-21)28(34)35)27(43)41(29(37)39-32)25(20-7-10-23(33)24(36)13-20)17-44-26(42)14-31(4)11-12-31/h7-12,15-16,20-21,29,31H,5-6,13-14,17-19H2,1-4H3,(H2,44,48);5-10,13,15-16,25,28H,11-12,14,17-18,36H2,1-4H3,(H2,37,39)/t29-,38-;25?,32-/m11/s1. The van der Waals surface area contributed by atoms with Gasteiger partial charge in [0.25, 0.3) is 24.2 Å². The maximum atomic E-state index is 15.1. The molecule has 27 heteroatoms. The van der Waals surface area contributed by atoms with E-state index >= 15 is 4.79 Å². The number of ether oxygens (including phenoxy) is 2. The molecule has 0 saturated heterocycles. The van der Waals surface area contributed by atoms with Gasteiger partial charge in [0.05, 0.1) is 58.1 Å². The molecule has 0 radical (unpaired) electrons. The highest BCUT2D eigenvalue weighted by atomic mass is 35.5. The zero-order valence-corrected chi connectivity index (χ0v) is 56.5. The highest BCUT2D eigenvalue weighted by molar-refractivity contribution is 6.33. The zero-order valence-electron chi connectivity index (χ0n) is 54.9. The molecule has 514 valence electrons. The van der Waals surface area contributed by atoms with Crippen molar-refractivity contribution in [1.82, 2.24) is 39.3 Å². The van der Waals surface area contributed by atoms with Gasteiger partial charge in [-0.05, 0) is 145 Å². The molecule has 3 aliphatic carbocycles. The number of guanidine groups is 2. The fourth-order valence-corrected chi connectivity index (χ4v) is 13.3. The van der Waals surface area contributed by atoms with E-state index in [2.05, 4.69) is 15.2 Å². The first-order valence-corrected chi connectivity index (χ1v) is 32.7. The van der Waals surface area contributed by atoms with E-state index in [0.717, 1.165) is 60.2 Å². The molecular formula is C70H77Cl2F6N13O6. The summed E-state index contributed by atoms with van der Waals surface area (Å²) < 4.78 is 95.6. The Morgan fingerprint density at radius 2 is 1.23 bits per heavy atom. The molecule has 0 bridgehead atoms. The number of nitrogen functional groups attached to an aromatic ring is 1. The number of alkyl halides is 6. The predicted molar refractivity (Wildman–Crippen MR) is 355 cm³/mol. The first-order chi connectivity index (χ1) is 45.5. The number of carbonyl (C=O) groups is 4. The second kappa shape index (κ2) is 26.0. The summed E-state index contributed by atoms with van der Waals surface area (Å²) in [5.74, 6) is -5.64. The first kappa shape index (κ1) is 69.8.